The summed E-state index contributed by atoms with van der Waals surface area (Å²) in [6.45, 7) is 0.494. The fourth-order valence-electron chi connectivity index (χ4n) is 2.48. The Bertz CT molecular complexity index is 731. The number of carbonyl (C=O) groups is 1. The fourth-order valence-corrected chi connectivity index (χ4v) is 3.54. The van der Waals surface area contributed by atoms with Crippen molar-refractivity contribution in [1.29, 1.82) is 0 Å². The van der Waals surface area contributed by atoms with Gasteiger partial charge in [-0.2, -0.15) is 13.2 Å². The Kier molecular flexibility index (Phi) is 5.34. The van der Waals surface area contributed by atoms with E-state index in [1.807, 2.05) is 0 Å². The van der Waals surface area contributed by atoms with Crippen molar-refractivity contribution >= 4 is 33.2 Å². The van der Waals surface area contributed by atoms with Crippen molar-refractivity contribution in [2.45, 2.75) is 19.0 Å². The summed E-state index contributed by atoms with van der Waals surface area (Å²) in [5.41, 5.74) is -1.40. The summed E-state index contributed by atoms with van der Waals surface area (Å²) in [5.74, 6) is -0.443. The molecule has 1 amide bonds. The van der Waals surface area contributed by atoms with Crippen LogP contribution in [0.15, 0.2) is 18.2 Å². The fraction of sp³-hybridized carbons (Fsp3) is 0.500. The normalized spacial score (nSPS) is 15.6. The summed E-state index contributed by atoms with van der Waals surface area (Å²) in [6, 6.07) is 2.76. The number of alkyl halides is 3. The number of rotatable bonds is 4. The summed E-state index contributed by atoms with van der Waals surface area (Å²) in [6.07, 6.45) is -2.24. The smallest absolute Gasteiger partial charge is 0.341 e. The first-order valence-electron chi connectivity index (χ1n) is 7.12. The van der Waals surface area contributed by atoms with Gasteiger partial charge < -0.3 is 4.90 Å². The highest BCUT2D eigenvalue weighted by molar-refractivity contribution is 7.92. The van der Waals surface area contributed by atoms with Gasteiger partial charge in [-0.25, -0.2) is 8.42 Å². The predicted molar refractivity (Wildman–Crippen MR) is 84.5 cm³/mol. The van der Waals surface area contributed by atoms with E-state index in [0.29, 0.717) is 23.5 Å². The van der Waals surface area contributed by atoms with Crippen molar-refractivity contribution in [3.63, 3.8) is 0 Å². The van der Waals surface area contributed by atoms with Gasteiger partial charge in [0.2, 0.25) is 15.9 Å². The number of benzene rings is 1. The van der Waals surface area contributed by atoms with Crippen LogP contribution in [0.4, 0.5) is 18.9 Å². The zero-order chi connectivity index (χ0) is 18.1. The third-order valence-electron chi connectivity index (χ3n) is 3.68. The molecule has 1 aromatic carbocycles. The predicted octanol–water partition coefficient (Wildman–Crippen LogP) is 2.75. The lowest BCUT2D eigenvalue weighted by Gasteiger charge is -2.25. The second-order valence-corrected chi connectivity index (χ2v) is 7.83. The second-order valence-electron chi connectivity index (χ2n) is 5.52. The standard InChI is InChI=1S/C14H16ClF3N2O3S/c1-24(22,23)20(9-13(21)19-6-2-3-7-19)10-4-5-12(15)11(8-10)14(16,17)18/h4-5,8H,2-3,6-7,9H2,1H3. The first-order valence-corrected chi connectivity index (χ1v) is 9.35. The van der Waals surface area contributed by atoms with Gasteiger partial charge in [-0.3, -0.25) is 9.10 Å². The van der Waals surface area contributed by atoms with Crippen LogP contribution in [-0.4, -0.2) is 45.1 Å². The van der Waals surface area contributed by atoms with Gasteiger partial charge in [-0.15, -0.1) is 0 Å². The third kappa shape index (κ3) is 4.32. The minimum Gasteiger partial charge on any atom is -0.341 e. The van der Waals surface area contributed by atoms with Crippen LogP contribution in [0.25, 0.3) is 0 Å². The highest BCUT2D eigenvalue weighted by Crippen LogP contribution is 2.37. The monoisotopic (exact) mass is 384 g/mol. The average molecular weight is 385 g/mol. The molecule has 0 N–H and O–H groups in total. The molecule has 24 heavy (non-hydrogen) atoms. The van der Waals surface area contributed by atoms with Crippen molar-refractivity contribution < 1.29 is 26.4 Å². The largest absolute Gasteiger partial charge is 0.417 e. The molecule has 0 saturated carbocycles. The number of sulfonamides is 1. The lowest BCUT2D eigenvalue weighted by molar-refractivity contribution is -0.137. The van der Waals surface area contributed by atoms with Crippen LogP contribution in [-0.2, 0) is 21.0 Å². The molecule has 1 aliphatic rings. The van der Waals surface area contributed by atoms with Crippen LogP contribution in [0.3, 0.4) is 0 Å². The number of likely N-dealkylation sites (tertiary alicyclic amines) is 1. The first-order chi connectivity index (χ1) is 11.0. The van der Waals surface area contributed by atoms with Gasteiger partial charge in [0, 0.05) is 13.1 Å². The van der Waals surface area contributed by atoms with Crippen LogP contribution >= 0.6 is 11.6 Å². The lowest BCUT2D eigenvalue weighted by atomic mass is 10.2. The maximum absolute atomic E-state index is 13.0. The van der Waals surface area contributed by atoms with Gasteiger partial charge in [0.1, 0.15) is 6.54 Å². The summed E-state index contributed by atoms with van der Waals surface area (Å²) < 4.78 is 63.5. The van der Waals surface area contributed by atoms with E-state index in [4.69, 9.17) is 11.6 Å². The van der Waals surface area contributed by atoms with E-state index < -0.39 is 39.2 Å². The average Bonchev–Trinajstić information content (AvgIpc) is 2.97. The Labute approximate surface area is 143 Å². The van der Waals surface area contributed by atoms with Gasteiger partial charge in [-0.05, 0) is 31.0 Å². The summed E-state index contributed by atoms with van der Waals surface area (Å²) in [5, 5.41) is -0.537. The molecule has 1 saturated heterocycles. The van der Waals surface area contributed by atoms with E-state index in [-0.39, 0.29) is 5.69 Å². The molecular weight excluding hydrogens is 369 g/mol. The molecule has 1 aliphatic heterocycles. The van der Waals surface area contributed by atoms with E-state index in [1.54, 1.807) is 0 Å². The lowest BCUT2D eigenvalue weighted by Crippen LogP contribution is -2.41. The van der Waals surface area contributed by atoms with E-state index in [9.17, 15) is 26.4 Å². The van der Waals surface area contributed by atoms with E-state index >= 15 is 0 Å². The second kappa shape index (κ2) is 6.79. The number of hydrogen-bond donors (Lipinski definition) is 0. The molecule has 0 unspecified atom stereocenters. The summed E-state index contributed by atoms with van der Waals surface area (Å²) in [7, 11) is -3.94. The molecule has 2 rings (SSSR count). The zero-order valence-electron chi connectivity index (χ0n) is 12.8. The van der Waals surface area contributed by atoms with Crippen molar-refractivity contribution in [3.8, 4) is 0 Å². The molecule has 1 heterocycles. The SMILES string of the molecule is CS(=O)(=O)N(CC(=O)N1CCCC1)c1ccc(Cl)c(C(F)(F)F)c1. The van der Waals surface area contributed by atoms with Crippen molar-refractivity contribution in [1.82, 2.24) is 4.90 Å². The molecule has 1 fully saturated rings. The maximum atomic E-state index is 13.0. The summed E-state index contributed by atoms with van der Waals surface area (Å²) >= 11 is 5.55. The first kappa shape index (κ1) is 18.9. The Balaban J connectivity index is 2.37. The molecule has 0 aliphatic carbocycles. The molecule has 0 spiro atoms. The number of amides is 1. The molecule has 1 aromatic rings. The maximum Gasteiger partial charge on any atom is 0.417 e. The molecule has 10 heteroatoms. The van der Waals surface area contributed by atoms with Crippen LogP contribution in [0.1, 0.15) is 18.4 Å². The molecular formula is C14H16ClF3N2O3S. The number of nitrogens with zero attached hydrogens (tertiary/aromatic N) is 2. The highest BCUT2D eigenvalue weighted by Gasteiger charge is 2.35. The Morgan fingerprint density at radius 3 is 2.38 bits per heavy atom. The van der Waals surface area contributed by atoms with Crippen molar-refractivity contribution in [3.05, 3.63) is 28.8 Å². The number of carbonyl (C=O) groups excluding carboxylic acids is 1. The van der Waals surface area contributed by atoms with Crippen LogP contribution in [0, 0.1) is 0 Å². The van der Waals surface area contributed by atoms with Crippen LogP contribution in [0.2, 0.25) is 5.02 Å². The molecule has 0 radical (unpaired) electrons. The van der Waals surface area contributed by atoms with Crippen LogP contribution < -0.4 is 4.31 Å². The van der Waals surface area contributed by atoms with Crippen LogP contribution in [0.5, 0.6) is 0 Å². The quantitative estimate of drug-likeness (QED) is 0.802. The van der Waals surface area contributed by atoms with Gasteiger partial charge in [0.25, 0.3) is 0 Å². The minimum absolute atomic E-state index is 0.248. The summed E-state index contributed by atoms with van der Waals surface area (Å²) in [4.78, 5) is 13.7. The highest BCUT2D eigenvalue weighted by atomic mass is 35.5. The number of halogens is 4. The molecule has 0 aromatic heterocycles. The van der Waals surface area contributed by atoms with Gasteiger partial charge in [0.05, 0.1) is 22.5 Å². The van der Waals surface area contributed by atoms with Gasteiger partial charge in [-0.1, -0.05) is 11.6 Å². The minimum atomic E-state index is -4.73. The third-order valence-corrected chi connectivity index (χ3v) is 5.15. The van der Waals surface area contributed by atoms with E-state index in [2.05, 4.69) is 0 Å². The Hall–Kier alpha value is -1.48. The molecule has 134 valence electrons. The Morgan fingerprint density at radius 1 is 1.29 bits per heavy atom. The van der Waals surface area contributed by atoms with Gasteiger partial charge >= 0.3 is 6.18 Å². The molecule has 5 nitrogen and oxygen atoms in total. The number of anilines is 1. The Morgan fingerprint density at radius 2 is 1.88 bits per heavy atom. The molecule has 0 bridgehead atoms. The molecule has 0 atom stereocenters. The van der Waals surface area contributed by atoms with Gasteiger partial charge in [0.15, 0.2) is 0 Å². The topological polar surface area (TPSA) is 57.7 Å². The van der Waals surface area contributed by atoms with Crippen molar-refractivity contribution in [2.24, 2.45) is 0 Å². The zero-order valence-corrected chi connectivity index (χ0v) is 14.4. The number of hydrogen-bond acceptors (Lipinski definition) is 3. The van der Waals surface area contributed by atoms with E-state index in [1.165, 1.54) is 4.90 Å². The van der Waals surface area contributed by atoms with E-state index in [0.717, 1.165) is 31.2 Å². The van der Waals surface area contributed by atoms with Crippen molar-refractivity contribution in [2.75, 3.05) is 30.2 Å².